The van der Waals surface area contributed by atoms with Crippen molar-refractivity contribution < 1.29 is 9.21 Å². The number of thiocarbonyl (C=S) groups is 1. The van der Waals surface area contributed by atoms with Crippen molar-refractivity contribution in [3.8, 4) is 11.5 Å². The van der Waals surface area contributed by atoms with Crippen molar-refractivity contribution >= 4 is 51.6 Å². The van der Waals surface area contributed by atoms with Gasteiger partial charge in [0.25, 0.3) is 5.91 Å². The zero-order valence-electron chi connectivity index (χ0n) is 17.2. The van der Waals surface area contributed by atoms with Crippen LogP contribution >= 0.6 is 23.8 Å². The Labute approximate surface area is 190 Å². The second-order valence-electron chi connectivity index (χ2n) is 7.39. The van der Waals surface area contributed by atoms with E-state index in [1.54, 1.807) is 12.1 Å². The highest BCUT2D eigenvalue weighted by atomic mass is 35.5. The van der Waals surface area contributed by atoms with Gasteiger partial charge in [0.2, 0.25) is 5.89 Å². The molecule has 7 heteroatoms. The van der Waals surface area contributed by atoms with Crippen LogP contribution < -0.4 is 10.6 Å². The zero-order chi connectivity index (χ0) is 22.1. The normalized spacial score (nSPS) is 10.8. The van der Waals surface area contributed by atoms with E-state index in [2.05, 4.69) is 35.5 Å². The van der Waals surface area contributed by atoms with Crippen LogP contribution in [0, 0.1) is 20.8 Å². The van der Waals surface area contributed by atoms with Crippen LogP contribution in [0.15, 0.2) is 59.0 Å². The number of aryl methyl sites for hydroxylation is 3. The third-order valence-corrected chi connectivity index (χ3v) is 5.51. The number of nitrogens with one attached hydrogen (secondary N) is 2. The molecule has 1 aromatic heterocycles. The Hall–Kier alpha value is -3.22. The molecule has 0 fully saturated rings. The van der Waals surface area contributed by atoms with Gasteiger partial charge in [0.1, 0.15) is 5.52 Å². The Kier molecular flexibility index (Phi) is 5.76. The number of hydrogen-bond donors (Lipinski definition) is 2. The largest absolute Gasteiger partial charge is 0.436 e. The van der Waals surface area contributed by atoms with Crippen LogP contribution in [-0.4, -0.2) is 16.0 Å². The number of benzene rings is 3. The van der Waals surface area contributed by atoms with E-state index >= 15 is 0 Å². The highest BCUT2D eigenvalue weighted by Gasteiger charge is 2.13. The molecule has 0 unspecified atom stereocenters. The zero-order valence-corrected chi connectivity index (χ0v) is 18.8. The van der Waals surface area contributed by atoms with Crippen LogP contribution in [-0.2, 0) is 0 Å². The van der Waals surface area contributed by atoms with Gasteiger partial charge in [-0.15, -0.1) is 0 Å². The van der Waals surface area contributed by atoms with Crippen molar-refractivity contribution in [3.63, 3.8) is 0 Å². The first-order valence-electron chi connectivity index (χ1n) is 9.67. The Bertz CT molecular complexity index is 1330. The first kappa shape index (κ1) is 21.0. The van der Waals surface area contributed by atoms with Crippen LogP contribution in [0.25, 0.3) is 22.6 Å². The Balaban J connectivity index is 1.50. The quantitative estimate of drug-likeness (QED) is 0.364. The molecule has 1 amide bonds. The standard InChI is InChI=1S/C24H20ClN3O2S/c1-13-4-8-18(19(25)10-13)22(29)28-24(31)26-17-7-9-21-20(12-17)27-23(30-21)16-6-5-14(2)15(3)11-16/h4-12H,1-3H3,(H2,26,28,29,31). The van der Waals surface area contributed by atoms with Crippen molar-refractivity contribution in [2.75, 3.05) is 5.32 Å². The highest BCUT2D eigenvalue weighted by Crippen LogP contribution is 2.27. The van der Waals surface area contributed by atoms with Crippen LogP contribution in [0.4, 0.5) is 5.69 Å². The van der Waals surface area contributed by atoms with Crippen LogP contribution in [0.2, 0.25) is 5.02 Å². The van der Waals surface area contributed by atoms with Gasteiger partial charge in [0.05, 0.1) is 10.6 Å². The number of amides is 1. The van der Waals surface area contributed by atoms with E-state index in [-0.39, 0.29) is 11.0 Å². The maximum Gasteiger partial charge on any atom is 0.258 e. The number of halogens is 1. The average Bonchev–Trinajstić information content (AvgIpc) is 3.13. The number of nitrogens with zero attached hydrogens (tertiary/aromatic N) is 1. The number of aromatic nitrogens is 1. The molecule has 3 aromatic carbocycles. The molecule has 5 nitrogen and oxygen atoms in total. The monoisotopic (exact) mass is 449 g/mol. The summed E-state index contributed by atoms with van der Waals surface area (Å²) in [5.41, 5.74) is 6.70. The van der Waals surface area contributed by atoms with Gasteiger partial charge in [-0.05, 0) is 92.1 Å². The van der Waals surface area contributed by atoms with Gasteiger partial charge >= 0.3 is 0 Å². The molecule has 0 atom stereocenters. The van der Waals surface area contributed by atoms with Crippen LogP contribution in [0.3, 0.4) is 0 Å². The van der Waals surface area contributed by atoms with Crippen molar-refractivity contribution in [3.05, 3.63) is 81.9 Å². The summed E-state index contributed by atoms with van der Waals surface area (Å²) in [6.07, 6.45) is 0. The number of anilines is 1. The molecular weight excluding hydrogens is 430 g/mol. The first-order valence-corrected chi connectivity index (χ1v) is 10.5. The minimum atomic E-state index is -0.373. The fourth-order valence-electron chi connectivity index (χ4n) is 3.14. The maximum absolute atomic E-state index is 12.5. The molecule has 0 spiro atoms. The number of carbonyl (C=O) groups excluding carboxylic acids is 1. The lowest BCUT2D eigenvalue weighted by molar-refractivity contribution is 0.0978. The van der Waals surface area contributed by atoms with Gasteiger partial charge in [-0.2, -0.15) is 0 Å². The van der Waals surface area contributed by atoms with E-state index < -0.39 is 0 Å². The molecule has 0 bridgehead atoms. The third kappa shape index (κ3) is 4.60. The second kappa shape index (κ2) is 8.49. The lowest BCUT2D eigenvalue weighted by Crippen LogP contribution is -2.34. The number of oxazole rings is 1. The van der Waals surface area contributed by atoms with E-state index in [1.165, 1.54) is 11.1 Å². The van der Waals surface area contributed by atoms with Crippen molar-refractivity contribution in [2.45, 2.75) is 20.8 Å². The Morgan fingerprint density at radius 2 is 1.81 bits per heavy atom. The molecule has 0 saturated carbocycles. The minimum absolute atomic E-state index is 0.166. The summed E-state index contributed by atoms with van der Waals surface area (Å²) in [5, 5.41) is 6.20. The fourth-order valence-corrected chi connectivity index (χ4v) is 3.67. The molecule has 0 saturated heterocycles. The van der Waals surface area contributed by atoms with Crippen molar-refractivity contribution in [1.29, 1.82) is 0 Å². The summed E-state index contributed by atoms with van der Waals surface area (Å²) >= 11 is 11.4. The molecule has 4 rings (SSSR count). The van der Waals surface area contributed by atoms with Gasteiger partial charge in [0.15, 0.2) is 10.7 Å². The molecule has 156 valence electrons. The fraction of sp³-hybridized carbons (Fsp3) is 0.125. The summed E-state index contributed by atoms with van der Waals surface area (Å²) in [6, 6.07) is 16.8. The van der Waals surface area contributed by atoms with Crippen molar-refractivity contribution in [2.24, 2.45) is 0 Å². The van der Waals surface area contributed by atoms with E-state index in [0.717, 1.165) is 11.1 Å². The lowest BCUT2D eigenvalue weighted by atomic mass is 10.1. The summed E-state index contributed by atoms with van der Waals surface area (Å²) in [7, 11) is 0. The molecule has 2 N–H and O–H groups in total. The average molecular weight is 450 g/mol. The molecule has 0 radical (unpaired) electrons. The van der Waals surface area contributed by atoms with E-state index in [9.17, 15) is 4.79 Å². The van der Waals surface area contributed by atoms with Gasteiger partial charge < -0.3 is 9.73 Å². The predicted molar refractivity (Wildman–Crippen MR) is 129 cm³/mol. The van der Waals surface area contributed by atoms with E-state index in [0.29, 0.717) is 33.3 Å². The summed E-state index contributed by atoms with van der Waals surface area (Å²) in [4.78, 5) is 17.0. The summed E-state index contributed by atoms with van der Waals surface area (Å²) in [5.74, 6) is 0.183. The van der Waals surface area contributed by atoms with Crippen molar-refractivity contribution in [1.82, 2.24) is 10.3 Å². The smallest absolute Gasteiger partial charge is 0.258 e. The number of carbonyl (C=O) groups is 1. The lowest BCUT2D eigenvalue weighted by Gasteiger charge is -2.10. The summed E-state index contributed by atoms with van der Waals surface area (Å²) in [6.45, 7) is 6.03. The van der Waals surface area contributed by atoms with Gasteiger partial charge in [-0.1, -0.05) is 23.7 Å². The predicted octanol–water partition coefficient (Wildman–Crippen LogP) is 6.20. The topological polar surface area (TPSA) is 67.2 Å². The number of fused-ring (bicyclic) bond motifs is 1. The van der Waals surface area contributed by atoms with Gasteiger partial charge in [0, 0.05) is 11.3 Å². The van der Waals surface area contributed by atoms with Gasteiger partial charge in [-0.3, -0.25) is 10.1 Å². The van der Waals surface area contributed by atoms with E-state index in [1.807, 2.05) is 43.3 Å². The molecule has 1 heterocycles. The number of rotatable bonds is 3. The molecule has 0 aliphatic rings. The van der Waals surface area contributed by atoms with Gasteiger partial charge in [-0.25, -0.2) is 4.98 Å². The van der Waals surface area contributed by atoms with Crippen LogP contribution in [0.5, 0.6) is 0 Å². The SMILES string of the molecule is Cc1ccc(C(=O)NC(=S)Nc2ccc3oc(-c4ccc(C)c(C)c4)nc3c2)c(Cl)c1. The Morgan fingerprint density at radius 1 is 1.00 bits per heavy atom. The highest BCUT2D eigenvalue weighted by molar-refractivity contribution is 7.80. The molecule has 31 heavy (non-hydrogen) atoms. The Morgan fingerprint density at radius 3 is 2.55 bits per heavy atom. The molecule has 4 aromatic rings. The number of hydrogen-bond acceptors (Lipinski definition) is 4. The summed E-state index contributed by atoms with van der Waals surface area (Å²) < 4.78 is 5.90. The first-order chi connectivity index (χ1) is 14.8. The molecular formula is C24H20ClN3O2S. The van der Waals surface area contributed by atoms with E-state index in [4.69, 9.17) is 28.2 Å². The minimum Gasteiger partial charge on any atom is -0.436 e. The third-order valence-electron chi connectivity index (χ3n) is 5.00. The molecule has 0 aliphatic carbocycles. The maximum atomic E-state index is 12.5. The second-order valence-corrected chi connectivity index (χ2v) is 8.21. The molecule has 0 aliphatic heterocycles. The van der Waals surface area contributed by atoms with Crippen LogP contribution in [0.1, 0.15) is 27.0 Å².